The predicted molar refractivity (Wildman–Crippen MR) is 69.1 cm³/mol. The number of benzene rings is 1. The van der Waals surface area contributed by atoms with Crippen molar-refractivity contribution < 1.29 is 4.79 Å². The van der Waals surface area contributed by atoms with Crippen LogP contribution < -0.4 is 0 Å². The number of carbonyl (C=O) groups excluding carboxylic acids is 1. The maximum Gasteiger partial charge on any atom is 0.151 e. The fourth-order valence-corrected chi connectivity index (χ4v) is 1.88. The smallest absolute Gasteiger partial charge is 0.151 e. The topological polar surface area (TPSA) is 30.0 Å². The summed E-state index contributed by atoms with van der Waals surface area (Å²) < 4.78 is 0. The fourth-order valence-electron chi connectivity index (χ4n) is 1.88. The summed E-state index contributed by atoms with van der Waals surface area (Å²) in [6.07, 6.45) is 6.40. The van der Waals surface area contributed by atoms with E-state index in [1.807, 2.05) is 18.2 Å². The third-order valence-corrected chi connectivity index (χ3v) is 2.69. The molecule has 0 radical (unpaired) electrons. The lowest BCUT2D eigenvalue weighted by Crippen LogP contribution is -1.88. The molecule has 0 N–H and O–H groups in total. The molecule has 0 amide bonds. The van der Waals surface area contributed by atoms with Crippen molar-refractivity contribution in [3.05, 3.63) is 53.9 Å². The van der Waals surface area contributed by atoms with Gasteiger partial charge < -0.3 is 0 Å². The first-order valence-electron chi connectivity index (χ1n) is 5.83. The van der Waals surface area contributed by atoms with Crippen molar-refractivity contribution in [2.24, 2.45) is 0 Å². The summed E-state index contributed by atoms with van der Waals surface area (Å²) >= 11 is 0. The first-order chi connectivity index (χ1) is 8.33. The van der Waals surface area contributed by atoms with E-state index in [2.05, 4.69) is 24.0 Å². The minimum Gasteiger partial charge on any atom is -0.298 e. The zero-order valence-corrected chi connectivity index (χ0v) is 9.89. The van der Waals surface area contributed by atoms with Crippen LogP contribution in [0.3, 0.4) is 0 Å². The average Bonchev–Trinajstić information content (AvgIpc) is 2.40. The Labute approximate surface area is 101 Å². The van der Waals surface area contributed by atoms with E-state index in [4.69, 9.17) is 0 Å². The maximum absolute atomic E-state index is 10.7. The number of pyridine rings is 1. The van der Waals surface area contributed by atoms with Gasteiger partial charge in [0, 0.05) is 23.5 Å². The molecule has 0 saturated heterocycles. The Morgan fingerprint density at radius 3 is 2.82 bits per heavy atom. The van der Waals surface area contributed by atoms with Gasteiger partial charge in [-0.25, -0.2) is 0 Å². The molecular formula is C15H15NO. The van der Waals surface area contributed by atoms with Gasteiger partial charge in [-0.2, -0.15) is 0 Å². The molecular weight excluding hydrogens is 210 g/mol. The third kappa shape index (κ3) is 2.78. The number of aromatic nitrogens is 1. The van der Waals surface area contributed by atoms with Crippen molar-refractivity contribution in [3.8, 4) is 11.1 Å². The van der Waals surface area contributed by atoms with Crippen LogP contribution in [0.2, 0.25) is 0 Å². The molecule has 17 heavy (non-hydrogen) atoms. The monoisotopic (exact) mass is 225 g/mol. The van der Waals surface area contributed by atoms with Gasteiger partial charge in [0.25, 0.3) is 0 Å². The number of aldehydes is 1. The first-order valence-corrected chi connectivity index (χ1v) is 5.83. The van der Waals surface area contributed by atoms with Crippen LogP contribution in [0, 0.1) is 0 Å². The van der Waals surface area contributed by atoms with Gasteiger partial charge in [0.2, 0.25) is 0 Å². The number of rotatable bonds is 4. The van der Waals surface area contributed by atoms with Gasteiger partial charge in [-0.3, -0.25) is 9.78 Å². The van der Waals surface area contributed by atoms with Gasteiger partial charge in [-0.15, -0.1) is 0 Å². The van der Waals surface area contributed by atoms with Crippen LogP contribution in [-0.2, 0) is 6.42 Å². The van der Waals surface area contributed by atoms with Crippen LogP contribution in [0.25, 0.3) is 11.1 Å². The summed E-state index contributed by atoms with van der Waals surface area (Å²) in [6, 6.07) is 10.3. The zero-order valence-electron chi connectivity index (χ0n) is 9.89. The minimum atomic E-state index is 0.614. The lowest BCUT2D eigenvalue weighted by molar-refractivity contribution is 0.112. The van der Waals surface area contributed by atoms with Gasteiger partial charge >= 0.3 is 0 Å². The quantitative estimate of drug-likeness (QED) is 0.745. The van der Waals surface area contributed by atoms with E-state index in [-0.39, 0.29) is 0 Å². The van der Waals surface area contributed by atoms with E-state index in [1.165, 1.54) is 5.56 Å². The van der Waals surface area contributed by atoms with Gasteiger partial charge in [-0.05, 0) is 23.6 Å². The molecule has 0 atom stereocenters. The van der Waals surface area contributed by atoms with Crippen molar-refractivity contribution in [3.63, 3.8) is 0 Å². The normalized spacial score (nSPS) is 10.2. The first kappa shape index (κ1) is 11.5. The summed E-state index contributed by atoms with van der Waals surface area (Å²) in [4.78, 5) is 14.8. The van der Waals surface area contributed by atoms with Gasteiger partial charge in [0.1, 0.15) is 0 Å². The van der Waals surface area contributed by atoms with Crippen LogP contribution >= 0.6 is 0 Å². The third-order valence-electron chi connectivity index (χ3n) is 2.69. The van der Waals surface area contributed by atoms with E-state index in [1.54, 1.807) is 12.4 Å². The molecule has 2 aromatic rings. The molecule has 0 unspecified atom stereocenters. The van der Waals surface area contributed by atoms with Gasteiger partial charge in [0.05, 0.1) is 0 Å². The highest BCUT2D eigenvalue weighted by Crippen LogP contribution is 2.20. The SMILES string of the molecule is CCCc1cccc(-c2cncc(C=O)c2)c1. The van der Waals surface area contributed by atoms with Crippen molar-refractivity contribution in [2.75, 3.05) is 0 Å². The van der Waals surface area contributed by atoms with Crippen molar-refractivity contribution in [1.82, 2.24) is 4.98 Å². The van der Waals surface area contributed by atoms with Crippen LogP contribution in [0.15, 0.2) is 42.7 Å². The summed E-state index contributed by atoms with van der Waals surface area (Å²) in [5.41, 5.74) is 4.05. The highest BCUT2D eigenvalue weighted by molar-refractivity contribution is 5.78. The second kappa shape index (κ2) is 5.39. The Bertz CT molecular complexity index is 520. The van der Waals surface area contributed by atoms with Crippen LogP contribution in [0.1, 0.15) is 29.3 Å². The van der Waals surface area contributed by atoms with Gasteiger partial charge in [0.15, 0.2) is 6.29 Å². The van der Waals surface area contributed by atoms with Crippen molar-refractivity contribution >= 4 is 6.29 Å². The Hall–Kier alpha value is -1.96. The lowest BCUT2D eigenvalue weighted by atomic mass is 10.0. The van der Waals surface area contributed by atoms with E-state index in [0.29, 0.717) is 5.56 Å². The summed E-state index contributed by atoms with van der Waals surface area (Å²) in [5, 5.41) is 0. The minimum absolute atomic E-state index is 0.614. The highest BCUT2D eigenvalue weighted by Gasteiger charge is 2.01. The second-order valence-corrected chi connectivity index (χ2v) is 4.08. The Kier molecular flexibility index (Phi) is 3.66. The van der Waals surface area contributed by atoms with E-state index < -0.39 is 0 Å². The molecule has 86 valence electrons. The van der Waals surface area contributed by atoms with E-state index in [9.17, 15) is 4.79 Å². The Morgan fingerprint density at radius 1 is 1.18 bits per heavy atom. The number of carbonyl (C=O) groups is 1. The van der Waals surface area contributed by atoms with Crippen LogP contribution in [0.4, 0.5) is 0 Å². The molecule has 1 aromatic heterocycles. The number of nitrogens with zero attached hydrogens (tertiary/aromatic N) is 1. The molecule has 0 aliphatic carbocycles. The molecule has 1 aromatic carbocycles. The van der Waals surface area contributed by atoms with Crippen LogP contribution in [0.5, 0.6) is 0 Å². The predicted octanol–water partition coefficient (Wildman–Crippen LogP) is 3.51. The Balaban J connectivity index is 2.37. The summed E-state index contributed by atoms with van der Waals surface area (Å²) in [7, 11) is 0. The summed E-state index contributed by atoms with van der Waals surface area (Å²) in [6.45, 7) is 2.17. The Morgan fingerprint density at radius 2 is 2.06 bits per heavy atom. The molecule has 0 bridgehead atoms. The molecule has 2 rings (SSSR count). The summed E-state index contributed by atoms with van der Waals surface area (Å²) in [5.74, 6) is 0. The molecule has 0 fully saturated rings. The van der Waals surface area contributed by atoms with Crippen molar-refractivity contribution in [1.29, 1.82) is 0 Å². The largest absolute Gasteiger partial charge is 0.298 e. The number of hydrogen-bond donors (Lipinski definition) is 0. The standard InChI is InChI=1S/C15H15NO/c1-2-4-12-5-3-6-14(7-12)15-8-13(11-17)9-16-10-15/h3,5-11H,2,4H2,1H3. The fraction of sp³-hybridized carbons (Fsp3) is 0.200. The van der Waals surface area contributed by atoms with Gasteiger partial charge in [-0.1, -0.05) is 37.6 Å². The van der Waals surface area contributed by atoms with E-state index >= 15 is 0 Å². The molecule has 2 heteroatoms. The average molecular weight is 225 g/mol. The number of aryl methyl sites for hydroxylation is 1. The van der Waals surface area contributed by atoms with Crippen molar-refractivity contribution in [2.45, 2.75) is 19.8 Å². The lowest BCUT2D eigenvalue weighted by Gasteiger charge is -2.04. The molecule has 0 aliphatic heterocycles. The maximum atomic E-state index is 10.7. The zero-order chi connectivity index (χ0) is 12.1. The molecule has 0 saturated carbocycles. The molecule has 2 nitrogen and oxygen atoms in total. The molecule has 0 spiro atoms. The highest BCUT2D eigenvalue weighted by atomic mass is 16.1. The number of hydrogen-bond acceptors (Lipinski definition) is 2. The molecule has 0 aliphatic rings. The molecule has 1 heterocycles. The van der Waals surface area contributed by atoms with E-state index in [0.717, 1.165) is 30.3 Å². The second-order valence-electron chi connectivity index (χ2n) is 4.08. The van der Waals surface area contributed by atoms with Crippen LogP contribution in [-0.4, -0.2) is 11.3 Å².